The van der Waals surface area contributed by atoms with Crippen LogP contribution < -0.4 is 20.3 Å². The molecule has 2 aromatic carbocycles. The highest BCUT2D eigenvalue weighted by Crippen LogP contribution is 2.38. The highest BCUT2D eigenvalue weighted by Gasteiger charge is 2.44. The molecule has 3 aliphatic heterocycles. The van der Waals surface area contributed by atoms with Gasteiger partial charge in [-0.15, -0.1) is 0 Å². The van der Waals surface area contributed by atoms with Crippen LogP contribution in [0.5, 0.6) is 5.75 Å². The lowest BCUT2D eigenvalue weighted by Gasteiger charge is -2.38. The van der Waals surface area contributed by atoms with E-state index in [1.165, 1.54) is 0 Å². The maximum absolute atomic E-state index is 13.3. The minimum absolute atomic E-state index is 0.0608. The van der Waals surface area contributed by atoms with Gasteiger partial charge >= 0.3 is 6.18 Å². The van der Waals surface area contributed by atoms with Crippen LogP contribution in [0.1, 0.15) is 78.3 Å². The second-order valence-electron chi connectivity index (χ2n) is 13.2. The van der Waals surface area contributed by atoms with Crippen LogP contribution >= 0.6 is 0 Å². The first-order valence-electron chi connectivity index (χ1n) is 17.0. The van der Waals surface area contributed by atoms with Crippen LogP contribution in [-0.2, 0) is 22.3 Å². The van der Waals surface area contributed by atoms with E-state index in [0.29, 0.717) is 24.2 Å². The lowest BCUT2D eigenvalue weighted by Crippen LogP contribution is -2.54. The number of rotatable bonds is 9. The largest absolute Gasteiger partial charge is 0.489 e. The van der Waals surface area contributed by atoms with Gasteiger partial charge < -0.3 is 15.0 Å². The molecule has 1 atom stereocenters. The van der Waals surface area contributed by atoms with Crippen LogP contribution in [0.2, 0.25) is 0 Å². The number of nitrogens with zero attached hydrogens (tertiary/aromatic N) is 4. The normalized spacial score (nSPS) is 18.9. The van der Waals surface area contributed by atoms with Gasteiger partial charge in [0.05, 0.1) is 29.9 Å². The lowest BCUT2D eigenvalue weighted by molar-refractivity contribution is -0.138. The molecule has 0 aliphatic carbocycles. The van der Waals surface area contributed by atoms with Crippen LogP contribution in [0, 0.1) is 6.92 Å². The Balaban J connectivity index is 1.11. The number of anilines is 3. The Kier molecular flexibility index (Phi) is 9.21. The Labute approximate surface area is 289 Å². The SMILES string of the molecule is [2H]c1cc(Nc2cc(C)c(N3CCC(N(C)Cc4ccc5c(c4)C(=O)N(C4CCC(=O)NC4=O)C5=O)CC3)cc2OC(C)C)ncc1C(F)(F)F. The summed E-state index contributed by atoms with van der Waals surface area (Å²) in [5.41, 5.74) is 2.69. The van der Waals surface area contributed by atoms with Gasteiger partial charge in [0.1, 0.15) is 17.6 Å². The first-order chi connectivity index (χ1) is 24.1. The van der Waals surface area contributed by atoms with E-state index in [4.69, 9.17) is 6.11 Å². The predicted octanol–water partition coefficient (Wildman–Crippen LogP) is 5.44. The summed E-state index contributed by atoms with van der Waals surface area (Å²) in [5.74, 6) is -1.51. The van der Waals surface area contributed by atoms with Crippen molar-refractivity contribution in [2.75, 3.05) is 30.4 Å². The van der Waals surface area contributed by atoms with Gasteiger partial charge in [-0.1, -0.05) is 6.07 Å². The molecule has 4 amide bonds. The number of nitrogens with one attached hydrogen (secondary N) is 2. The van der Waals surface area contributed by atoms with Gasteiger partial charge in [0.2, 0.25) is 11.8 Å². The number of amides is 4. The van der Waals surface area contributed by atoms with E-state index in [9.17, 15) is 32.3 Å². The molecule has 1 unspecified atom stereocenters. The fourth-order valence-corrected chi connectivity index (χ4v) is 6.76. The van der Waals surface area contributed by atoms with Gasteiger partial charge in [0, 0.05) is 50.0 Å². The van der Waals surface area contributed by atoms with Gasteiger partial charge in [0.15, 0.2) is 0 Å². The number of piperidine rings is 2. The Morgan fingerprint density at radius 2 is 1.78 bits per heavy atom. The van der Waals surface area contributed by atoms with Crippen molar-refractivity contribution >= 4 is 40.8 Å². The molecule has 0 bridgehead atoms. The van der Waals surface area contributed by atoms with Crippen molar-refractivity contribution < 1.29 is 38.5 Å². The minimum Gasteiger partial charge on any atom is -0.489 e. The first-order valence-corrected chi connectivity index (χ1v) is 16.5. The number of aromatic nitrogens is 1. The van der Waals surface area contributed by atoms with Crippen LogP contribution in [0.25, 0.3) is 0 Å². The monoisotopic (exact) mass is 693 g/mol. The number of ether oxygens (including phenoxy) is 1. The highest BCUT2D eigenvalue weighted by molar-refractivity contribution is 6.23. The van der Waals surface area contributed by atoms with E-state index in [1.54, 1.807) is 12.1 Å². The summed E-state index contributed by atoms with van der Waals surface area (Å²) < 4.78 is 53.4. The molecule has 2 fully saturated rings. The van der Waals surface area contributed by atoms with Crippen molar-refractivity contribution in [2.24, 2.45) is 0 Å². The molecule has 14 heteroatoms. The van der Waals surface area contributed by atoms with Gasteiger partial charge in [-0.3, -0.25) is 34.3 Å². The number of fused-ring (bicyclic) bond motifs is 1. The highest BCUT2D eigenvalue weighted by atomic mass is 19.4. The van der Waals surface area contributed by atoms with Crippen LogP contribution in [-0.4, -0.2) is 76.7 Å². The molecule has 4 heterocycles. The summed E-state index contributed by atoms with van der Waals surface area (Å²) in [7, 11) is 2.02. The maximum Gasteiger partial charge on any atom is 0.417 e. The molecule has 11 nitrogen and oxygen atoms in total. The number of aryl methyl sites for hydroxylation is 1. The lowest BCUT2D eigenvalue weighted by atomic mass is 10.00. The zero-order valence-electron chi connectivity index (χ0n) is 29.2. The molecule has 1 aromatic heterocycles. The van der Waals surface area contributed by atoms with Crippen LogP contribution in [0.4, 0.5) is 30.4 Å². The van der Waals surface area contributed by atoms with E-state index in [0.717, 1.165) is 53.7 Å². The minimum atomic E-state index is -4.66. The number of carbonyl (C=O) groups is 4. The number of alkyl halides is 3. The Bertz CT molecular complexity index is 1900. The Hall–Kier alpha value is -4.98. The van der Waals surface area contributed by atoms with Crippen molar-refractivity contribution in [3.63, 3.8) is 0 Å². The second kappa shape index (κ2) is 13.7. The molecule has 3 aliphatic rings. The third kappa shape index (κ3) is 7.16. The number of benzene rings is 2. The van der Waals surface area contributed by atoms with Crippen LogP contribution in [0.15, 0.2) is 48.6 Å². The van der Waals surface area contributed by atoms with E-state index in [1.807, 2.05) is 46.0 Å². The summed E-state index contributed by atoms with van der Waals surface area (Å²) in [6.07, 6.45) is -2.33. The Morgan fingerprint density at radius 1 is 1.06 bits per heavy atom. The van der Waals surface area contributed by atoms with E-state index < -0.39 is 47.5 Å². The van der Waals surface area contributed by atoms with Gasteiger partial charge in [-0.05, 0) is 88.5 Å². The van der Waals surface area contributed by atoms with Gasteiger partial charge in [-0.2, -0.15) is 13.2 Å². The quantitative estimate of drug-likeness (QED) is 0.282. The maximum atomic E-state index is 13.3. The van der Waals surface area contributed by atoms with E-state index in [-0.39, 0.29) is 41.9 Å². The molecule has 2 N–H and O–H groups in total. The Morgan fingerprint density at radius 3 is 2.44 bits per heavy atom. The molecule has 2 saturated heterocycles. The summed E-state index contributed by atoms with van der Waals surface area (Å²) in [4.78, 5) is 59.7. The zero-order valence-corrected chi connectivity index (χ0v) is 28.2. The van der Waals surface area contributed by atoms with Crippen molar-refractivity contribution in [3.8, 4) is 5.75 Å². The second-order valence-corrected chi connectivity index (χ2v) is 13.2. The van der Waals surface area contributed by atoms with E-state index >= 15 is 0 Å². The molecular weight excluding hydrogens is 653 g/mol. The third-order valence-electron chi connectivity index (χ3n) is 9.29. The molecule has 6 rings (SSSR count). The van der Waals surface area contributed by atoms with Crippen molar-refractivity contribution in [3.05, 3.63) is 76.5 Å². The molecular formula is C36H39F3N6O5. The fourth-order valence-electron chi connectivity index (χ4n) is 6.76. The number of pyridine rings is 1. The fraction of sp³-hybridized carbons (Fsp3) is 0.417. The first kappa shape index (κ1) is 33.5. The zero-order chi connectivity index (χ0) is 36.8. The van der Waals surface area contributed by atoms with Gasteiger partial charge in [-0.25, -0.2) is 4.98 Å². The third-order valence-corrected chi connectivity index (χ3v) is 9.29. The number of hydrogen-bond donors (Lipinski definition) is 2. The summed E-state index contributed by atoms with van der Waals surface area (Å²) in [6, 6.07) is 8.56. The number of hydrogen-bond acceptors (Lipinski definition) is 9. The molecule has 264 valence electrons. The average Bonchev–Trinajstić information content (AvgIpc) is 3.30. The van der Waals surface area contributed by atoms with Gasteiger partial charge in [0.25, 0.3) is 11.8 Å². The van der Waals surface area contributed by atoms with Crippen molar-refractivity contribution in [1.29, 1.82) is 0 Å². The molecule has 50 heavy (non-hydrogen) atoms. The molecule has 0 saturated carbocycles. The summed E-state index contributed by atoms with van der Waals surface area (Å²) >= 11 is 0. The summed E-state index contributed by atoms with van der Waals surface area (Å²) in [6.45, 7) is 7.77. The standard InChI is InChI=1S/C36H39F3N6O5/c1-20(2)50-30-17-29(21(3)15-27(30)41-31-9-6-23(18-40-31)36(37,38)39)44-13-11-24(12-14-44)43(4)19-22-5-7-25-26(16-22)35(49)45(34(25)48)28-8-10-32(46)42-33(28)47/h5-7,9,15-18,20,24,28H,8,10-14,19H2,1-4H3,(H,40,41)(H,42,46,47)/i6D. The average molecular weight is 694 g/mol. The topological polar surface area (TPSA) is 124 Å². The van der Waals surface area contributed by atoms with E-state index in [2.05, 4.69) is 25.4 Å². The summed E-state index contributed by atoms with van der Waals surface area (Å²) in [5, 5.41) is 5.25. The molecule has 3 aromatic rings. The smallest absolute Gasteiger partial charge is 0.417 e. The van der Waals surface area contributed by atoms with Crippen LogP contribution in [0.3, 0.4) is 0 Å². The van der Waals surface area contributed by atoms with Crippen molar-refractivity contribution in [2.45, 2.75) is 77.4 Å². The molecule has 0 spiro atoms. The number of carbonyl (C=O) groups excluding carboxylic acids is 4. The van der Waals surface area contributed by atoms with Crippen molar-refractivity contribution in [1.82, 2.24) is 20.1 Å². The molecule has 0 radical (unpaired) electrons. The number of halogens is 3. The predicted molar refractivity (Wildman–Crippen MR) is 179 cm³/mol. The number of imide groups is 2.